The summed E-state index contributed by atoms with van der Waals surface area (Å²) in [6, 6.07) is 9.84. The molecule has 5 heteroatoms. The second-order valence-electron chi connectivity index (χ2n) is 5.23. The Morgan fingerprint density at radius 1 is 1.00 bits per heavy atom. The van der Waals surface area contributed by atoms with E-state index in [1.807, 2.05) is 30.3 Å². The Bertz CT molecular complexity index is 747. The van der Waals surface area contributed by atoms with E-state index in [1.165, 1.54) is 0 Å². The molecule has 0 atom stereocenters. The standard InChI is InChI=1S/C16H16N4O/c1-2-8-17-14(5-1)20-15(12-6-10-21-11-7-12)19-13-4-3-9-18-16(13)20/h1-5,8-9,12H,6-7,10-11H2. The van der Waals surface area contributed by atoms with Crippen LogP contribution in [-0.4, -0.2) is 32.7 Å². The number of pyridine rings is 2. The molecule has 21 heavy (non-hydrogen) atoms. The van der Waals surface area contributed by atoms with Gasteiger partial charge in [0.1, 0.15) is 17.2 Å². The predicted octanol–water partition coefficient (Wildman–Crippen LogP) is 2.71. The highest BCUT2D eigenvalue weighted by Gasteiger charge is 2.24. The molecule has 0 saturated carbocycles. The zero-order valence-electron chi connectivity index (χ0n) is 11.6. The lowest BCUT2D eigenvalue weighted by atomic mass is 9.99. The molecule has 0 aromatic carbocycles. The maximum atomic E-state index is 5.47. The van der Waals surface area contributed by atoms with Crippen molar-refractivity contribution in [1.82, 2.24) is 19.5 Å². The molecule has 5 nitrogen and oxygen atoms in total. The van der Waals surface area contributed by atoms with E-state index in [4.69, 9.17) is 9.72 Å². The minimum atomic E-state index is 0.398. The van der Waals surface area contributed by atoms with Crippen LogP contribution < -0.4 is 0 Å². The fraction of sp³-hybridized carbons (Fsp3) is 0.312. The Labute approximate surface area is 122 Å². The summed E-state index contributed by atoms with van der Waals surface area (Å²) < 4.78 is 7.56. The molecule has 1 aliphatic rings. The Hall–Kier alpha value is -2.27. The molecule has 0 aliphatic carbocycles. The topological polar surface area (TPSA) is 52.8 Å². The zero-order valence-corrected chi connectivity index (χ0v) is 11.6. The van der Waals surface area contributed by atoms with Crippen LogP contribution in [0.15, 0.2) is 42.7 Å². The monoisotopic (exact) mass is 280 g/mol. The highest BCUT2D eigenvalue weighted by molar-refractivity contribution is 5.73. The summed E-state index contributed by atoms with van der Waals surface area (Å²) in [6.45, 7) is 1.59. The van der Waals surface area contributed by atoms with E-state index < -0.39 is 0 Å². The van der Waals surface area contributed by atoms with Crippen LogP contribution in [0.25, 0.3) is 17.0 Å². The van der Waals surface area contributed by atoms with E-state index in [-0.39, 0.29) is 0 Å². The number of hydrogen-bond donors (Lipinski definition) is 0. The molecule has 1 saturated heterocycles. The molecule has 4 rings (SSSR count). The lowest BCUT2D eigenvalue weighted by Crippen LogP contribution is -2.18. The van der Waals surface area contributed by atoms with Gasteiger partial charge in [0, 0.05) is 31.5 Å². The average molecular weight is 280 g/mol. The lowest BCUT2D eigenvalue weighted by molar-refractivity contribution is 0.0833. The molecule has 3 aromatic heterocycles. The van der Waals surface area contributed by atoms with Gasteiger partial charge in [0.05, 0.1) is 0 Å². The quantitative estimate of drug-likeness (QED) is 0.724. The third kappa shape index (κ3) is 2.19. The van der Waals surface area contributed by atoms with Crippen LogP contribution >= 0.6 is 0 Å². The van der Waals surface area contributed by atoms with Crippen molar-refractivity contribution >= 4 is 11.2 Å². The molecule has 1 fully saturated rings. The van der Waals surface area contributed by atoms with E-state index in [0.29, 0.717) is 5.92 Å². The fourth-order valence-electron chi connectivity index (χ4n) is 2.87. The van der Waals surface area contributed by atoms with Gasteiger partial charge in [0.15, 0.2) is 5.65 Å². The van der Waals surface area contributed by atoms with Crippen LogP contribution in [0, 0.1) is 0 Å². The van der Waals surface area contributed by atoms with Gasteiger partial charge in [0.25, 0.3) is 0 Å². The maximum absolute atomic E-state index is 5.47. The molecular formula is C16H16N4O. The van der Waals surface area contributed by atoms with Crippen molar-refractivity contribution in [1.29, 1.82) is 0 Å². The minimum absolute atomic E-state index is 0.398. The number of aromatic nitrogens is 4. The van der Waals surface area contributed by atoms with Gasteiger partial charge in [-0.1, -0.05) is 6.07 Å². The number of fused-ring (bicyclic) bond motifs is 1. The zero-order chi connectivity index (χ0) is 14.1. The van der Waals surface area contributed by atoms with Crippen molar-refractivity contribution in [3.8, 4) is 5.82 Å². The summed E-state index contributed by atoms with van der Waals surface area (Å²) in [6.07, 6.45) is 5.60. The lowest BCUT2D eigenvalue weighted by Gasteiger charge is -2.22. The van der Waals surface area contributed by atoms with Crippen molar-refractivity contribution in [2.45, 2.75) is 18.8 Å². The van der Waals surface area contributed by atoms with Crippen molar-refractivity contribution in [2.75, 3.05) is 13.2 Å². The second kappa shape index (κ2) is 5.26. The molecule has 3 aromatic rings. The van der Waals surface area contributed by atoms with Crippen LogP contribution in [0.1, 0.15) is 24.6 Å². The molecule has 0 radical (unpaired) electrons. The minimum Gasteiger partial charge on any atom is -0.381 e. The van der Waals surface area contributed by atoms with Crippen molar-refractivity contribution in [3.05, 3.63) is 48.5 Å². The average Bonchev–Trinajstić information content (AvgIpc) is 2.96. The summed E-state index contributed by atoms with van der Waals surface area (Å²) in [7, 11) is 0. The summed E-state index contributed by atoms with van der Waals surface area (Å²) in [5.41, 5.74) is 1.79. The second-order valence-corrected chi connectivity index (χ2v) is 5.23. The number of ether oxygens (including phenoxy) is 1. The smallest absolute Gasteiger partial charge is 0.165 e. The van der Waals surface area contributed by atoms with Crippen molar-refractivity contribution < 1.29 is 4.74 Å². The van der Waals surface area contributed by atoms with Crippen LogP contribution in [-0.2, 0) is 4.74 Å². The normalized spacial score (nSPS) is 16.4. The first kappa shape index (κ1) is 12.5. The molecule has 0 bridgehead atoms. The van der Waals surface area contributed by atoms with Crippen LogP contribution in [0.3, 0.4) is 0 Å². The van der Waals surface area contributed by atoms with Gasteiger partial charge in [-0.05, 0) is 37.1 Å². The summed E-state index contributed by atoms with van der Waals surface area (Å²) in [5.74, 6) is 2.32. The first-order chi connectivity index (χ1) is 10.4. The van der Waals surface area contributed by atoms with E-state index in [0.717, 1.165) is 48.9 Å². The van der Waals surface area contributed by atoms with Gasteiger partial charge in [0.2, 0.25) is 0 Å². The molecule has 0 amide bonds. The van der Waals surface area contributed by atoms with E-state index in [9.17, 15) is 0 Å². The van der Waals surface area contributed by atoms with E-state index in [2.05, 4.69) is 14.5 Å². The van der Waals surface area contributed by atoms with E-state index in [1.54, 1.807) is 12.4 Å². The molecule has 1 aliphatic heterocycles. The number of hydrogen-bond acceptors (Lipinski definition) is 4. The largest absolute Gasteiger partial charge is 0.381 e. The Balaban J connectivity index is 1.92. The fourth-order valence-corrected chi connectivity index (χ4v) is 2.87. The third-order valence-corrected chi connectivity index (χ3v) is 3.91. The number of nitrogens with zero attached hydrogens (tertiary/aromatic N) is 4. The predicted molar refractivity (Wildman–Crippen MR) is 79.5 cm³/mol. The maximum Gasteiger partial charge on any atom is 0.165 e. The van der Waals surface area contributed by atoms with Gasteiger partial charge in [-0.3, -0.25) is 4.57 Å². The third-order valence-electron chi connectivity index (χ3n) is 3.91. The van der Waals surface area contributed by atoms with Gasteiger partial charge in [-0.2, -0.15) is 0 Å². The van der Waals surface area contributed by atoms with E-state index >= 15 is 0 Å². The van der Waals surface area contributed by atoms with Gasteiger partial charge in [-0.25, -0.2) is 15.0 Å². The van der Waals surface area contributed by atoms with Gasteiger partial charge >= 0.3 is 0 Å². The van der Waals surface area contributed by atoms with Crippen LogP contribution in [0.2, 0.25) is 0 Å². The number of imidazole rings is 1. The van der Waals surface area contributed by atoms with Crippen LogP contribution in [0.5, 0.6) is 0 Å². The first-order valence-electron chi connectivity index (χ1n) is 7.26. The van der Waals surface area contributed by atoms with Crippen LogP contribution in [0.4, 0.5) is 0 Å². The molecule has 0 unspecified atom stereocenters. The Kier molecular flexibility index (Phi) is 3.12. The Morgan fingerprint density at radius 3 is 2.67 bits per heavy atom. The first-order valence-corrected chi connectivity index (χ1v) is 7.26. The summed E-state index contributed by atoms with van der Waals surface area (Å²) >= 11 is 0. The van der Waals surface area contributed by atoms with Gasteiger partial charge < -0.3 is 4.74 Å². The Morgan fingerprint density at radius 2 is 1.86 bits per heavy atom. The SMILES string of the molecule is c1ccc(-n2c(C3CCOCC3)nc3cccnc32)nc1. The summed E-state index contributed by atoms with van der Waals surface area (Å²) in [5, 5.41) is 0. The number of rotatable bonds is 2. The molecular weight excluding hydrogens is 264 g/mol. The summed E-state index contributed by atoms with van der Waals surface area (Å²) in [4.78, 5) is 13.8. The molecule has 0 spiro atoms. The molecule has 106 valence electrons. The van der Waals surface area contributed by atoms with Gasteiger partial charge in [-0.15, -0.1) is 0 Å². The highest BCUT2D eigenvalue weighted by atomic mass is 16.5. The molecule has 4 heterocycles. The van der Waals surface area contributed by atoms with Crippen molar-refractivity contribution in [3.63, 3.8) is 0 Å². The van der Waals surface area contributed by atoms with Crippen molar-refractivity contribution in [2.24, 2.45) is 0 Å². The molecule has 0 N–H and O–H groups in total. The highest BCUT2D eigenvalue weighted by Crippen LogP contribution is 2.30.